The lowest BCUT2D eigenvalue weighted by atomic mass is 10.00. The Bertz CT molecular complexity index is 869. The van der Waals surface area contributed by atoms with Crippen molar-refractivity contribution in [3.8, 4) is 0 Å². The summed E-state index contributed by atoms with van der Waals surface area (Å²) in [5.74, 6) is 0. The minimum absolute atomic E-state index is 0.981. The van der Waals surface area contributed by atoms with E-state index in [4.69, 9.17) is 5.41 Å². The first-order chi connectivity index (χ1) is 11.7. The van der Waals surface area contributed by atoms with Crippen LogP contribution in [-0.4, -0.2) is 6.21 Å². The zero-order chi connectivity index (χ0) is 17.4. The van der Waals surface area contributed by atoms with Gasteiger partial charge in [-0.25, -0.2) is 0 Å². The number of fused-ring (bicyclic) bond motifs is 3. The van der Waals surface area contributed by atoms with Crippen molar-refractivity contribution >= 4 is 51.9 Å². The van der Waals surface area contributed by atoms with Crippen LogP contribution in [0.25, 0.3) is 21.7 Å². The van der Waals surface area contributed by atoms with E-state index >= 15 is 0 Å². The van der Waals surface area contributed by atoms with E-state index in [0.29, 0.717) is 0 Å². The molecule has 0 fully saturated rings. The number of rotatable bonds is 4. The number of nitrogens with one attached hydrogen (secondary N) is 1. The molecule has 2 aromatic rings. The highest BCUT2D eigenvalue weighted by atomic mass is 32.1. The van der Waals surface area contributed by atoms with Gasteiger partial charge in [-0.1, -0.05) is 43.4 Å². The van der Waals surface area contributed by atoms with E-state index in [1.165, 1.54) is 31.6 Å². The Morgan fingerprint density at radius 2 is 2.12 bits per heavy atom. The Morgan fingerprint density at radius 1 is 1.33 bits per heavy atom. The van der Waals surface area contributed by atoms with Crippen LogP contribution < -0.4 is 9.75 Å². The van der Waals surface area contributed by atoms with Gasteiger partial charge in [0.25, 0.3) is 0 Å². The number of hydrogen-bond acceptors (Lipinski definition) is 3. The number of allylic oxidation sites excluding steroid dienone is 3. The van der Waals surface area contributed by atoms with Crippen LogP contribution in [0.1, 0.15) is 39.5 Å². The first kappa shape index (κ1) is 18.8. The summed E-state index contributed by atoms with van der Waals surface area (Å²) in [4.78, 5) is 0. The van der Waals surface area contributed by atoms with Gasteiger partial charge in [0.05, 0.1) is 0 Å². The lowest BCUT2D eigenvalue weighted by Crippen LogP contribution is -2.24. The van der Waals surface area contributed by atoms with Crippen molar-refractivity contribution < 1.29 is 0 Å². The van der Waals surface area contributed by atoms with E-state index < -0.39 is 0 Å². The predicted molar refractivity (Wildman–Crippen MR) is 114 cm³/mol. The number of benzene rings is 1. The Morgan fingerprint density at radius 3 is 2.79 bits per heavy atom. The number of thiophene rings is 1. The summed E-state index contributed by atoms with van der Waals surface area (Å²) in [5, 5.41) is 11.8. The summed E-state index contributed by atoms with van der Waals surface area (Å²) in [6.45, 7) is 4.07. The van der Waals surface area contributed by atoms with Crippen LogP contribution in [0, 0.1) is 5.41 Å². The van der Waals surface area contributed by atoms with Crippen molar-refractivity contribution in [1.29, 1.82) is 5.41 Å². The van der Waals surface area contributed by atoms with Crippen LogP contribution in [0.15, 0.2) is 47.4 Å². The van der Waals surface area contributed by atoms with Crippen LogP contribution in [-0.2, 0) is 0 Å². The standard InChI is InChI=1S/C17H17NS.C4H8S/c1-12(11-18)9-10-13-5-4-7-15-14-6-2-3-8-16(14)19-17(13)15;1-2-3-4-5/h2-3,6-9,11,18H,4-5,10H2,1H3;3-5H,2H2,1H3/b12-9-,18-11?;. The zero-order valence-corrected chi connectivity index (χ0v) is 16.1. The largest absolute Gasteiger partial charge is 0.308 e. The van der Waals surface area contributed by atoms with Crippen molar-refractivity contribution in [3.63, 3.8) is 0 Å². The molecule has 1 aliphatic carbocycles. The van der Waals surface area contributed by atoms with Gasteiger partial charge >= 0.3 is 0 Å². The number of hydrogen-bond donors (Lipinski definition) is 2. The van der Waals surface area contributed by atoms with E-state index in [1.807, 2.05) is 24.3 Å². The van der Waals surface area contributed by atoms with Crippen LogP contribution in [0.3, 0.4) is 0 Å². The maximum Gasteiger partial charge on any atom is 0.0355 e. The zero-order valence-electron chi connectivity index (χ0n) is 14.4. The maximum atomic E-state index is 7.25. The molecule has 1 nitrogen and oxygen atoms in total. The minimum atomic E-state index is 0.981. The Labute approximate surface area is 154 Å². The third-order valence-corrected chi connectivity index (χ3v) is 5.49. The maximum absolute atomic E-state index is 7.25. The Balaban J connectivity index is 0.000000368. The number of thiol groups is 1. The average Bonchev–Trinajstić information content (AvgIpc) is 3.00. The van der Waals surface area contributed by atoms with Gasteiger partial charge in [-0.05, 0) is 65.8 Å². The van der Waals surface area contributed by atoms with E-state index in [1.54, 1.807) is 5.41 Å². The highest BCUT2D eigenvalue weighted by Gasteiger charge is 2.08. The van der Waals surface area contributed by atoms with Crippen LogP contribution >= 0.6 is 24.0 Å². The van der Waals surface area contributed by atoms with Crippen molar-refractivity contribution in [2.24, 2.45) is 0 Å². The van der Waals surface area contributed by atoms with Crippen LogP contribution in [0.2, 0.25) is 0 Å². The van der Waals surface area contributed by atoms with Gasteiger partial charge in [0.15, 0.2) is 0 Å². The molecule has 1 aromatic heterocycles. The molecule has 1 aromatic carbocycles. The molecule has 0 aliphatic heterocycles. The molecule has 0 unspecified atom stereocenters. The molecule has 0 saturated carbocycles. The summed E-state index contributed by atoms with van der Waals surface area (Å²) in [5.41, 5.74) is 2.57. The van der Waals surface area contributed by atoms with E-state index in [2.05, 4.69) is 56.0 Å². The third-order valence-electron chi connectivity index (χ3n) is 3.99. The highest BCUT2D eigenvalue weighted by molar-refractivity contribution is 7.83. The molecule has 0 atom stereocenters. The van der Waals surface area contributed by atoms with Crippen molar-refractivity contribution in [2.45, 2.75) is 39.5 Å². The smallest absolute Gasteiger partial charge is 0.0355 e. The molecule has 1 heterocycles. The predicted octanol–water partition coefficient (Wildman–Crippen LogP) is 5.45. The van der Waals surface area contributed by atoms with Crippen molar-refractivity contribution in [3.05, 3.63) is 57.1 Å². The third kappa shape index (κ3) is 4.71. The molecule has 0 amide bonds. The molecule has 0 saturated heterocycles. The second kappa shape index (κ2) is 9.65. The quantitative estimate of drug-likeness (QED) is 0.538. The highest BCUT2D eigenvalue weighted by Crippen LogP contribution is 2.20. The molecule has 3 rings (SSSR count). The van der Waals surface area contributed by atoms with E-state index in [0.717, 1.165) is 31.3 Å². The molecule has 1 aliphatic rings. The fraction of sp³-hybridized carbons (Fsp3) is 0.286. The first-order valence-corrected chi connectivity index (χ1v) is 9.70. The van der Waals surface area contributed by atoms with Crippen molar-refractivity contribution in [2.75, 3.05) is 0 Å². The monoisotopic (exact) mass is 355 g/mol. The van der Waals surface area contributed by atoms with Crippen LogP contribution in [0.5, 0.6) is 0 Å². The van der Waals surface area contributed by atoms with E-state index in [-0.39, 0.29) is 0 Å². The minimum Gasteiger partial charge on any atom is -0.308 e. The molecule has 0 radical (unpaired) electrons. The van der Waals surface area contributed by atoms with Gasteiger partial charge in [0.2, 0.25) is 0 Å². The van der Waals surface area contributed by atoms with Gasteiger partial charge in [0.1, 0.15) is 0 Å². The Kier molecular flexibility index (Phi) is 7.54. The molecule has 3 heteroatoms. The molecule has 24 heavy (non-hydrogen) atoms. The molecule has 0 spiro atoms. The summed E-state index contributed by atoms with van der Waals surface area (Å²) >= 11 is 5.73. The summed E-state index contributed by atoms with van der Waals surface area (Å²) in [7, 11) is 0. The molecule has 1 N–H and O–H groups in total. The molecule has 126 valence electrons. The fourth-order valence-electron chi connectivity index (χ4n) is 2.68. The molecular formula is C21H25NS2. The molecular weight excluding hydrogens is 330 g/mol. The normalized spacial score (nSPS) is 14.1. The van der Waals surface area contributed by atoms with Crippen molar-refractivity contribution in [1.82, 2.24) is 0 Å². The Hall–Kier alpha value is -1.58. The van der Waals surface area contributed by atoms with Crippen LogP contribution in [0.4, 0.5) is 0 Å². The topological polar surface area (TPSA) is 23.9 Å². The van der Waals surface area contributed by atoms with Gasteiger partial charge in [0, 0.05) is 15.4 Å². The SMILES string of the molecule is C/C(C=N)=C/CC1=c2sc3ccccc3c2=CCC1.CCC=CS. The summed E-state index contributed by atoms with van der Waals surface area (Å²) < 4.78 is 2.84. The first-order valence-electron chi connectivity index (χ1n) is 8.37. The second-order valence-electron chi connectivity index (χ2n) is 5.78. The average molecular weight is 356 g/mol. The van der Waals surface area contributed by atoms with Gasteiger partial charge in [-0.15, -0.1) is 11.3 Å². The lowest BCUT2D eigenvalue weighted by Gasteiger charge is -2.06. The van der Waals surface area contributed by atoms with Gasteiger partial charge in [-0.3, -0.25) is 0 Å². The molecule has 0 bridgehead atoms. The van der Waals surface area contributed by atoms with Gasteiger partial charge < -0.3 is 5.41 Å². The fourth-order valence-corrected chi connectivity index (χ4v) is 4.18. The summed E-state index contributed by atoms with van der Waals surface area (Å²) in [6, 6.07) is 8.67. The second-order valence-corrected chi connectivity index (χ2v) is 7.13. The summed E-state index contributed by atoms with van der Waals surface area (Å²) in [6.07, 6.45) is 12.3. The van der Waals surface area contributed by atoms with Gasteiger partial charge in [-0.2, -0.15) is 12.6 Å². The lowest BCUT2D eigenvalue weighted by molar-refractivity contribution is 1.05. The van der Waals surface area contributed by atoms with E-state index in [9.17, 15) is 0 Å².